The van der Waals surface area contributed by atoms with Crippen molar-refractivity contribution in [3.8, 4) is 0 Å². The number of thioether (sulfide) groups is 1. The van der Waals surface area contributed by atoms with Crippen LogP contribution in [0, 0.1) is 5.92 Å². The molecule has 6 heteroatoms. The predicted molar refractivity (Wildman–Crippen MR) is 111 cm³/mol. The Kier molecular flexibility index (Phi) is 10.3. The Bertz CT molecular complexity index is 403. The molecule has 1 unspecified atom stereocenters. The Balaban J connectivity index is 1.86. The van der Waals surface area contributed by atoms with E-state index in [1.807, 2.05) is 0 Å². The quantitative estimate of drug-likeness (QED) is 0.546. The van der Waals surface area contributed by atoms with Crippen molar-refractivity contribution in [2.24, 2.45) is 5.92 Å². The number of amides is 1. The summed E-state index contributed by atoms with van der Waals surface area (Å²) in [7, 11) is 1.77. The number of nitrogens with zero attached hydrogens (tertiary/aromatic N) is 3. The average molecular weight is 386 g/mol. The van der Waals surface area contributed by atoms with Crippen LogP contribution in [0.1, 0.15) is 39.0 Å². The second kappa shape index (κ2) is 12.2. The van der Waals surface area contributed by atoms with E-state index in [1.165, 1.54) is 32.2 Å². The van der Waals surface area contributed by atoms with E-state index in [9.17, 15) is 4.79 Å². The van der Waals surface area contributed by atoms with Crippen molar-refractivity contribution < 1.29 is 9.53 Å². The predicted octanol–water partition coefficient (Wildman–Crippen LogP) is 2.41. The molecule has 0 aromatic carbocycles. The summed E-state index contributed by atoms with van der Waals surface area (Å²) >= 11 is 1.77. The van der Waals surface area contributed by atoms with Gasteiger partial charge in [-0.15, -0.1) is 0 Å². The highest BCUT2D eigenvalue weighted by Gasteiger charge is 2.29. The van der Waals surface area contributed by atoms with Gasteiger partial charge < -0.3 is 14.5 Å². The number of carbonyl (C=O) groups excluding carboxylic acids is 1. The van der Waals surface area contributed by atoms with Crippen LogP contribution in [-0.4, -0.2) is 98.2 Å². The lowest BCUT2D eigenvalue weighted by Gasteiger charge is -2.36. The van der Waals surface area contributed by atoms with Crippen LogP contribution in [0.4, 0.5) is 0 Å². The number of ether oxygens (including phenoxy) is 1. The summed E-state index contributed by atoms with van der Waals surface area (Å²) in [5, 5.41) is 0. The van der Waals surface area contributed by atoms with Gasteiger partial charge in [0.25, 0.3) is 0 Å². The third-order valence-corrected chi connectivity index (χ3v) is 6.62. The maximum Gasteiger partial charge on any atom is 0.223 e. The van der Waals surface area contributed by atoms with Crippen molar-refractivity contribution in [3.05, 3.63) is 0 Å². The standard InChI is InChI=1S/C20H39N3O2S/c1-4-22-10-5-6-19(22)17-23(20(24)9-15-26-3)16-18-7-11-21(12-8-18)13-14-25-2/h18-19H,4-17H2,1-3H3. The summed E-state index contributed by atoms with van der Waals surface area (Å²) in [6.07, 6.45) is 7.71. The number of likely N-dealkylation sites (N-methyl/N-ethyl adjacent to an activating group) is 1. The summed E-state index contributed by atoms with van der Waals surface area (Å²) in [4.78, 5) is 20.1. The zero-order valence-electron chi connectivity index (χ0n) is 17.1. The van der Waals surface area contributed by atoms with E-state index in [0.717, 1.165) is 51.6 Å². The lowest BCUT2D eigenvalue weighted by molar-refractivity contribution is -0.132. The van der Waals surface area contributed by atoms with Gasteiger partial charge in [0.15, 0.2) is 0 Å². The molecule has 0 N–H and O–H groups in total. The smallest absolute Gasteiger partial charge is 0.223 e. The Morgan fingerprint density at radius 1 is 1.19 bits per heavy atom. The highest BCUT2D eigenvalue weighted by atomic mass is 32.2. The van der Waals surface area contributed by atoms with Gasteiger partial charge in [0.1, 0.15) is 0 Å². The van der Waals surface area contributed by atoms with Crippen LogP contribution in [0.5, 0.6) is 0 Å². The molecule has 0 aromatic heterocycles. The van der Waals surface area contributed by atoms with Gasteiger partial charge in [0.2, 0.25) is 5.91 Å². The molecule has 2 fully saturated rings. The molecule has 5 nitrogen and oxygen atoms in total. The van der Waals surface area contributed by atoms with E-state index in [4.69, 9.17) is 4.74 Å². The first kappa shape index (κ1) is 22.0. The molecule has 2 rings (SSSR count). The molecule has 26 heavy (non-hydrogen) atoms. The minimum absolute atomic E-state index is 0.365. The maximum absolute atomic E-state index is 12.8. The summed E-state index contributed by atoms with van der Waals surface area (Å²) in [6, 6.07) is 0.569. The summed E-state index contributed by atoms with van der Waals surface area (Å²) in [5.41, 5.74) is 0. The van der Waals surface area contributed by atoms with Crippen molar-refractivity contribution in [1.29, 1.82) is 0 Å². The van der Waals surface area contributed by atoms with E-state index in [0.29, 0.717) is 24.3 Å². The average Bonchev–Trinajstić information content (AvgIpc) is 3.12. The second-order valence-electron chi connectivity index (χ2n) is 7.74. The Labute approximate surface area is 164 Å². The molecule has 1 amide bonds. The van der Waals surface area contributed by atoms with E-state index < -0.39 is 0 Å². The van der Waals surface area contributed by atoms with Crippen molar-refractivity contribution in [2.75, 3.05) is 71.5 Å². The van der Waals surface area contributed by atoms with E-state index in [2.05, 4.69) is 27.9 Å². The van der Waals surface area contributed by atoms with Gasteiger partial charge in [-0.1, -0.05) is 6.92 Å². The minimum atomic E-state index is 0.365. The number of carbonyl (C=O) groups is 1. The fourth-order valence-electron chi connectivity index (χ4n) is 4.32. The highest BCUT2D eigenvalue weighted by molar-refractivity contribution is 7.98. The number of piperidine rings is 1. The molecule has 2 heterocycles. The Hall–Kier alpha value is -0.300. The first-order valence-electron chi connectivity index (χ1n) is 10.4. The van der Waals surface area contributed by atoms with Crippen molar-refractivity contribution in [1.82, 2.24) is 14.7 Å². The molecule has 2 aliphatic heterocycles. The SMILES string of the molecule is CCN1CCCC1CN(CC1CCN(CCOC)CC1)C(=O)CCSC. The number of rotatable bonds is 11. The Morgan fingerprint density at radius 2 is 1.96 bits per heavy atom. The first-order chi connectivity index (χ1) is 12.7. The van der Waals surface area contributed by atoms with Crippen LogP contribution in [-0.2, 0) is 9.53 Å². The van der Waals surface area contributed by atoms with Crippen LogP contribution in [0.2, 0.25) is 0 Å². The Morgan fingerprint density at radius 3 is 2.62 bits per heavy atom. The molecular formula is C20H39N3O2S. The molecule has 2 saturated heterocycles. The first-order valence-corrected chi connectivity index (χ1v) is 11.8. The minimum Gasteiger partial charge on any atom is -0.383 e. The van der Waals surface area contributed by atoms with Crippen LogP contribution in [0.25, 0.3) is 0 Å². The topological polar surface area (TPSA) is 36.0 Å². The third kappa shape index (κ3) is 7.02. The zero-order valence-corrected chi connectivity index (χ0v) is 17.9. The molecule has 0 saturated carbocycles. The van der Waals surface area contributed by atoms with Gasteiger partial charge in [0.05, 0.1) is 6.61 Å². The number of likely N-dealkylation sites (tertiary alicyclic amines) is 2. The van der Waals surface area contributed by atoms with Crippen molar-refractivity contribution >= 4 is 17.7 Å². The van der Waals surface area contributed by atoms with Crippen molar-refractivity contribution in [2.45, 2.75) is 45.1 Å². The van der Waals surface area contributed by atoms with E-state index in [-0.39, 0.29) is 0 Å². The molecule has 0 radical (unpaired) electrons. The third-order valence-electron chi connectivity index (χ3n) is 6.01. The fraction of sp³-hybridized carbons (Fsp3) is 0.950. The molecular weight excluding hydrogens is 346 g/mol. The molecule has 0 bridgehead atoms. The van der Waals surface area contributed by atoms with Gasteiger partial charge in [-0.3, -0.25) is 9.69 Å². The van der Waals surface area contributed by atoms with Crippen LogP contribution < -0.4 is 0 Å². The lowest BCUT2D eigenvalue weighted by Crippen LogP contribution is -2.46. The summed E-state index contributed by atoms with van der Waals surface area (Å²) in [5.74, 6) is 1.96. The van der Waals surface area contributed by atoms with E-state index in [1.54, 1.807) is 18.9 Å². The highest BCUT2D eigenvalue weighted by Crippen LogP contribution is 2.22. The molecule has 0 spiro atoms. The van der Waals surface area contributed by atoms with Crippen LogP contribution >= 0.6 is 11.8 Å². The van der Waals surface area contributed by atoms with Gasteiger partial charge in [-0.05, 0) is 64.0 Å². The van der Waals surface area contributed by atoms with Crippen LogP contribution in [0.15, 0.2) is 0 Å². The van der Waals surface area contributed by atoms with Crippen LogP contribution in [0.3, 0.4) is 0 Å². The largest absolute Gasteiger partial charge is 0.383 e. The number of hydrogen-bond acceptors (Lipinski definition) is 5. The maximum atomic E-state index is 12.8. The van der Waals surface area contributed by atoms with Crippen molar-refractivity contribution in [3.63, 3.8) is 0 Å². The lowest BCUT2D eigenvalue weighted by atomic mass is 9.95. The number of methoxy groups -OCH3 is 1. The fourth-order valence-corrected chi connectivity index (χ4v) is 4.70. The zero-order chi connectivity index (χ0) is 18.8. The summed E-state index contributed by atoms with van der Waals surface area (Å²) < 4.78 is 5.20. The summed E-state index contributed by atoms with van der Waals surface area (Å²) in [6.45, 7) is 10.6. The molecule has 0 aromatic rings. The molecule has 2 aliphatic rings. The molecule has 1 atom stereocenters. The monoisotopic (exact) mass is 385 g/mol. The molecule has 152 valence electrons. The van der Waals surface area contributed by atoms with E-state index >= 15 is 0 Å². The second-order valence-corrected chi connectivity index (χ2v) is 8.73. The number of hydrogen-bond donors (Lipinski definition) is 0. The van der Waals surface area contributed by atoms with Gasteiger partial charge >= 0.3 is 0 Å². The molecule has 0 aliphatic carbocycles. The van der Waals surface area contributed by atoms with Gasteiger partial charge in [0, 0.05) is 45.0 Å². The van der Waals surface area contributed by atoms with Gasteiger partial charge in [-0.25, -0.2) is 0 Å². The normalized spacial score (nSPS) is 22.8. The van der Waals surface area contributed by atoms with Gasteiger partial charge in [-0.2, -0.15) is 11.8 Å².